The molecule has 0 spiro atoms. The first-order valence-electron chi connectivity index (χ1n) is 13.1. The molecule has 9 atom stereocenters. The van der Waals surface area contributed by atoms with Crippen molar-refractivity contribution in [3.8, 4) is 0 Å². The molecule has 4 fully saturated rings. The van der Waals surface area contributed by atoms with Crippen LogP contribution in [0.15, 0.2) is 12.2 Å². The third-order valence-electron chi connectivity index (χ3n) is 8.56. The number of amides is 1. The summed E-state index contributed by atoms with van der Waals surface area (Å²) in [5.41, 5.74) is -0.472. The van der Waals surface area contributed by atoms with Crippen molar-refractivity contribution in [2.24, 2.45) is 29.6 Å². The molecule has 2 saturated heterocycles. The lowest BCUT2D eigenvalue weighted by Gasteiger charge is -2.47. The zero-order valence-electron chi connectivity index (χ0n) is 21.1. The second-order valence-corrected chi connectivity index (χ2v) is 11.8. The summed E-state index contributed by atoms with van der Waals surface area (Å²) in [6.07, 6.45) is 14.6. The van der Waals surface area contributed by atoms with Crippen molar-refractivity contribution in [3.63, 3.8) is 0 Å². The first-order valence-corrected chi connectivity index (χ1v) is 13.1. The number of ether oxygens (including phenoxy) is 3. The Morgan fingerprint density at radius 1 is 1.00 bits per heavy atom. The number of likely N-dealkylation sites (tertiary alicyclic amines) is 1. The summed E-state index contributed by atoms with van der Waals surface area (Å²) in [5, 5.41) is 0. The molecule has 0 bridgehead atoms. The number of carbonyl (C=O) groups is 1. The van der Waals surface area contributed by atoms with Crippen LogP contribution in [0.4, 0.5) is 4.79 Å². The monoisotopic (exact) mass is 447 g/mol. The average molecular weight is 448 g/mol. The van der Waals surface area contributed by atoms with Crippen molar-refractivity contribution in [3.05, 3.63) is 12.2 Å². The van der Waals surface area contributed by atoms with Gasteiger partial charge in [0.15, 0.2) is 6.29 Å². The summed E-state index contributed by atoms with van der Waals surface area (Å²) in [4.78, 5) is 15.1. The third kappa shape index (κ3) is 4.89. The van der Waals surface area contributed by atoms with E-state index in [0.29, 0.717) is 17.8 Å². The highest BCUT2D eigenvalue weighted by molar-refractivity contribution is 5.69. The SMILES string of the molecule is CO[C@H]1O[C@@H](C)[C@@H]2[C@H](/C=C/[C@H]3CCC[C@H](C)N3C(=O)OC(C)(C)C)[C@H]3CCCC[C@@H]3C[C@H]12. The van der Waals surface area contributed by atoms with Crippen molar-refractivity contribution < 1.29 is 19.0 Å². The number of fused-ring (bicyclic) bond motifs is 2. The molecule has 1 amide bonds. The molecule has 0 N–H and O–H groups in total. The fraction of sp³-hybridized carbons (Fsp3) is 0.889. The van der Waals surface area contributed by atoms with E-state index in [0.717, 1.165) is 31.1 Å². The quantitative estimate of drug-likeness (QED) is 0.485. The average Bonchev–Trinajstić information content (AvgIpc) is 3.05. The number of carbonyl (C=O) groups excluding carboxylic acids is 1. The van der Waals surface area contributed by atoms with Crippen molar-refractivity contribution in [1.82, 2.24) is 4.90 Å². The lowest BCUT2D eigenvalue weighted by atomic mass is 9.57. The maximum absolute atomic E-state index is 13.1. The lowest BCUT2D eigenvalue weighted by Crippen LogP contribution is -2.50. The van der Waals surface area contributed by atoms with Gasteiger partial charge in [-0.1, -0.05) is 31.4 Å². The molecule has 0 unspecified atom stereocenters. The van der Waals surface area contributed by atoms with Gasteiger partial charge in [0.1, 0.15) is 5.60 Å². The fourth-order valence-electron chi connectivity index (χ4n) is 7.27. The molecule has 0 aromatic carbocycles. The summed E-state index contributed by atoms with van der Waals surface area (Å²) >= 11 is 0. The van der Waals surface area contributed by atoms with E-state index in [9.17, 15) is 4.79 Å². The summed E-state index contributed by atoms with van der Waals surface area (Å²) in [6.45, 7) is 10.2. The molecule has 4 aliphatic rings. The van der Waals surface area contributed by atoms with Crippen LogP contribution in [0.1, 0.15) is 86.0 Å². The topological polar surface area (TPSA) is 48.0 Å². The van der Waals surface area contributed by atoms with Crippen LogP contribution >= 0.6 is 0 Å². The van der Waals surface area contributed by atoms with E-state index < -0.39 is 5.60 Å². The smallest absolute Gasteiger partial charge is 0.411 e. The first kappa shape index (κ1) is 24.1. The second kappa shape index (κ2) is 9.66. The molecule has 0 aromatic heterocycles. The number of methoxy groups -OCH3 is 1. The van der Waals surface area contributed by atoms with Crippen molar-refractivity contribution in [2.75, 3.05) is 7.11 Å². The Bertz CT molecular complexity index is 686. The molecule has 4 rings (SSSR count). The van der Waals surface area contributed by atoms with Crippen LogP contribution in [0.25, 0.3) is 0 Å². The van der Waals surface area contributed by atoms with Gasteiger partial charge in [-0.25, -0.2) is 4.79 Å². The van der Waals surface area contributed by atoms with Gasteiger partial charge in [0.25, 0.3) is 0 Å². The van der Waals surface area contributed by atoms with E-state index in [-0.39, 0.29) is 30.6 Å². The van der Waals surface area contributed by atoms with E-state index in [4.69, 9.17) is 14.2 Å². The van der Waals surface area contributed by atoms with Crippen LogP contribution in [0.5, 0.6) is 0 Å². The second-order valence-electron chi connectivity index (χ2n) is 11.8. The Morgan fingerprint density at radius 3 is 2.47 bits per heavy atom. The van der Waals surface area contributed by atoms with Crippen LogP contribution in [-0.4, -0.2) is 48.2 Å². The van der Waals surface area contributed by atoms with Crippen LogP contribution in [0, 0.1) is 29.6 Å². The summed E-state index contributed by atoms with van der Waals surface area (Å²) < 4.78 is 17.8. The summed E-state index contributed by atoms with van der Waals surface area (Å²) in [6, 6.07) is 0.327. The number of piperidine rings is 1. The first-order chi connectivity index (χ1) is 15.2. The number of hydrogen-bond acceptors (Lipinski definition) is 4. The Morgan fingerprint density at radius 2 is 1.75 bits per heavy atom. The highest BCUT2D eigenvalue weighted by atomic mass is 16.7. The van der Waals surface area contributed by atoms with Crippen LogP contribution in [0.3, 0.4) is 0 Å². The van der Waals surface area contributed by atoms with Gasteiger partial charge in [-0.15, -0.1) is 0 Å². The van der Waals surface area contributed by atoms with Gasteiger partial charge in [0.05, 0.1) is 12.1 Å². The van der Waals surface area contributed by atoms with Gasteiger partial charge in [0, 0.05) is 19.1 Å². The predicted molar refractivity (Wildman–Crippen MR) is 126 cm³/mol. The maximum Gasteiger partial charge on any atom is 0.411 e. The molecule has 32 heavy (non-hydrogen) atoms. The standard InChI is InChI=1S/C27H45NO4/c1-17-10-9-12-20(28(17)26(29)32-27(3,4)5)14-15-22-21-13-8-7-11-19(21)16-23-24(22)18(2)31-25(23)30-6/h14-15,17-25H,7-13,16H2,1-6H3/b15-14+/t17-,18-,19+,20+,21-,22+,23-,24+,25-/m0/s1. The highest BCUT2D eigenvalue weighted by Crippen LogP contribution is 2.55. The Labute approximate surface area is 195 Å². The molecule has 2 aliphatic heterocycles. The van der Waals surface area contributed by atoms with E-state index in [1.165, 1.54) is 32.1 Å². The van der Waals surface area contributed by atoms with Gasteiger partial charge < -0.3 is 14.2 Å². The van der Waals surface area contributed by atoms with Crippen LogP contribution in [-0.2, 0) is 14.2 Å². The minimum atomic E-state index is -0.472. The molecule has 0 radical (unpaired) electrons. The zero-order valence-corrected chi connectivity index (χ0v) is 21.1. The normalized spacial score (nSPS) is 42.6. The van der Waals surface area contributed by atoms with Gasteiger partial charge in [-0.3, -0.25) is 4.90 Å². The molecule has 2 heterocycles. The minimum Gasteiger partial charge on any atom is -0.444 e. The number of nitrogens with zero attached hydrogens (tertiary/aromatic N) is 1. The number of rotatable bonds is 3. The molecule has 2 aliphatic carbocycles. The minimum absolute atomic E-state index is 0.0678. The predicted octanol–water partition coefficient (Wildman–Crippen LogP) is 6.17. The van der Waals surface area contributed by atoms with Gasteiger partial charge >= 0.3 is 6.09 Å². The van der Waals surface area contributed by atoms with Gasteiger partial charge in [0.2, 0.25) is 0 Å². The molecule has 2 saturated carbocycles. The Hall–Kier alpha value is -1.07. The Balaban J connectivity index is 1.57. The van der Waals surface area contributed by atoms with Crippen molar-refractivity contribution in [2.45, 2.75) is 116 Å². The maximum atomic E-state index is 13.1. The molecular weight excluding hydrogens is 402 g/mol. The van der Waals surface area contributed by atoms with E-state index in [1.807, 2.05) is 25.7 Å². The van der Waals surface area contributed by atoms with Crippen molar-refractivity contribution in [1.29, 1.82) is 0 Å². The highest BCUT2D eigenvalue weighted by Gasteiger charge is 2.53. The fourth-order valence-corrected chi connectivity index (χ4v) is 7.27. The van der Waals surface area contributed by atoms with E-state index in [1.54, 1.807) is 7.11 Å². The molecule has 182 valence electrons. The lowest BCUT2D eigenvalue weighted by molar-refractivity contribution is -0.132. The number of allylic oxidation sites excluding steroid dienone is 1. The molecular formula is C27H45NO4. The Kier molecular flexibility index (Phi) is 7.26. The van der Waals surface area contributed by atoms with Crippen LogP contribution in [0.2, 0.25) is 0 Å². The summed E-state index contributed by atoms with van der Waals surface area (Å²) in [5.74, 6) is 3.01. The third-order valence-corrected chi connectivity index (χ3v) is 8.56. The van der Waals surface area contributed by atoms with Gasteiger partial charge in [-0.2, -0.15) is 0 Å². The van der Waals surface area contributed by atoms with Crippen molar-refractivity contribution >= 4 is 6.09 Å². The largest absolute Gasteiger partial charge is 0.444 e. The molecule has 5 nitrogen and oxygen atoms in total. The van der Waals surface area contributed by atoms with E-state index >= 15 is 0 Å². The summed E-state index contributed by atoms with van der Waals surface area (Å²) in [7, 11) is 1.79. The number of hydrogen-bond donors (Lipinski definition) is 0. The van der Waals surface area contributed by atoms with E-state index in [2.05, 4.69) is 26.0 Å². The van der Waals surface area contributed by atoms with Crippen LogP contribution < -0.4 is 0 Å². The molecule has 0 aromatic rings. The van der Waals surface area contributed by atoms with Gasteiger partial charge in [-0.05, 0) is 90.4 Å². The molecule has 5 heteroatoms. The zero-order chi connectivity index (χ0) is 23.0.